The molecule has 7 nitrogen and oxygen atoms in total. The lowest BCUT2D eigenvalue weighted by molar-refractivity contribution is -0.385. The first-order valence-electron chi connectivity index (χ1n) is 9.69. The largest absolute Gasteiger partial charge is 0.457 e. The SMILES string of the molecule is O=[N+]([O-])c1cccc(Sc2ccc(Oc3ccc(Sc4cccc([N+](=O)[O-])c4)cc3)cc2)c1. The van der Waals surface area contributed by atoms with E-state index in [2.05, 4.69) is 0 Å². The van der Waals surface area contributed by atoms with E-state index in [0.29, 0.717) is 11.5 Å². The summed E-state index contributed by atoms with van der Waals surface area (Å²) in [5, 5.41) is 21.9. The number of rotatable bonds is 8. The van der Waals surface area contributed by atoms with Crippen molar-refractivity contribution >= 4 is 34.9 Å². The van der Waals surface area contributed by atoms with E-state index >= 15 is 0 Å². The maximum atomic E-state index is 10.9. The quantitative estimate of drug-likeness (QED) is 0.191. The number of ether oxygens (including phenoxy) is 1. The first kappa shape index (κ1) is 22.4. The molecule has 0 atom stereocenters. The van der Waals surface area contributed by atoms with E-state index in [1.165, 1.54) is 35.7 Å². The molecule has 0 fully saturated rings. The Kier molecular flexibility index (Phi) is 6.92. The number of nitrogens with zero attached hydrogens (tertiary/aromatic N) is 2. The summed E-state index contributed by atoms with van der Waals surface area (Å²) < 4.78 is 5.89. The summed E-state index contributed by atoms with van der Waals surface area (Å²) in [6.45, 7) is 0. The zero-order valence-corrected chi connectivity index (χ0v) is 18.6. The predicted molar refractivity (Wildman–Crippen MR) is 127 cm³/mol. The third-order valence-electron chi connectivity index (χ3n) is 4.41. The van der Waals surface area contributed by atoms with Crippen LogP contribution < -0.4 is 4.74 Å². The number of nitro groups is 2. The zero-order valence-electron chi connectivity index (χ0n) is 17.0. The van der Waals surface area contributed by atoms with Gasteiger partial charge in [-0.25, -0.2) is 0 Å². The van der Waals surface area contributed by atoms with E-state index in [0.717, 1.165) is 19.6 Å². The highest BCUT2D eigenvalue weighted by Crippen LogP contribution is 2.34. The second kappa shape index (κ2) is 10.2. The van der Waals surface area contributed by atoms with E-state index in [4.69, 9.17) is 4.74 Å². The van der Waals surface area contributed by atoms with Gasteiger partial charge in [0.05, 0.1) is 9.85 Å². The standard InChI is InChI=1S/C24H16N2O5S2/c27-25(28)17-3-1-5-23(15-17)32-21-11-7-19(8-12-21)31-20-9-13-22(14-10-20)33-24-6-2-4-18(16-24)26(29)30/h1-16H. The highest BCUT2D eigenvalue weighted by molar-refractivity contribution is 7.99. The first-order valence-corrected chi connectivity index (χ1v) is 11.3. The molecule has 0 aliphatic rings. The monoisotopic (exact) mass is 476 g/mol. The zero-order chi connectivity index (χ0) is 23.2. The van der Waals surface area contributed by atoms with Crippen LogP contribution in [-0.2, 0) is 0 Å². The Morgan fingerprint density at radius 2 is 0.939 bits per heavy atom. The molecule has 0 bridgehead atoms. The predicted octanol–water partition coefficient (Wildman–Crippen LogP) is 7.60. The van der Waals surface area contributed by atoms with Crippen molar-refractivity contribution in [2.24, 2.45) is 0 Å². The molecule has 0 spiro atoms. The van der Waals surface area contributed by atoms with Gasteiger partial charge in [0, 0.05) is 43.8 Å². The highest BCUT2D eigenvalue weighted by atomic mass is 32.2. The van der Waals surface area contributed by atoms with Gasteiger partial charge in [-0.1, -0.05) is 35.7 Å². The third kappa shape index (κ3) is 6.12. The van der Waals surface area contributed by atoms with Crippen LogP contribution in [0.1, 0.15) is 0 Å². The summed E-state index contributed by atoms with van der Waals surface area (Å²) in [4.78, 5) is 24.5. The summed E-state index contributed by atoms with van der Waals surface area (Å²) in [6.07, 6.45) is 0. The summed E-state index contributed by atoms with van der Waals surface area (Å²) in [5.74, 6) is 1.33. The number of non-ortho nitro benzene ring substituents is 2. The molecule has 33 heavy (non-hydrogen) atoms. The topological polar surface area (TPSA) is 95.5 Å². The fourth-order valence-corrected chi connectivity index (χ4v) is 4.62. The van der Waals surface area contributed by atoms with Gasteiger partial charge < -0.3 is 4.74 Å². The van der Waals surface area contributed by atoms with Crippen molar-refractivity contribution in [1.29, 1.82) is 0 Å². The molecular formula is C24H16N2O5S2. The van der Waals surface area contributed by atoms with Gasteiger partial charge in [0.25, 0.3) is 11.4 Å². The van der Waals surface area contributed by atoms with Gasteiger partial charge >= 0.3 is 0 Å². The minimum Gasteiger partial charge on any atom is -0.457 e. The van der Waals surface area contributed by atoms with Gasteiger partial charge in [-0.3, -0.25) is 20.2 Å². The third-order valence-corrected chi connectivity index (χ3v) is 6.41. The molecule has 0 heterocycles. The Hall–Kier alpha value is -3.82. The Morgan fingerprint density at radius 1 is 0.545 bits per heavy atom. The van der Waals surface area contributed by atoms with Gasteiger partial charge in [0.15, 0.2) is 0 Å². The van der Waals surface area contributed by atoms with Crippen molar-refractivity contribution in [3.8, 4) is 11.5 Å². The molecule has 0 N–H and O–H groups in total. The van der Waals surface area contributed by atoms with Gasteiger partial charge in [-0.2, -0.15) is 0 Å². The van der Waals surface area contributed by atoms with Gasteiger partial charge in [-0.05, 0) is 60.7 Å². The minimum absolute atomic E-state index is 0.0621. The van der Waals surface area contributed by atoms with Crippen molar-refractivity contribution in [2.75, 3.05) is 0 Å². The van der Waals surface area contributed by atoms with Crippen molar-refractivity contribution < 1.29 is 14.6 Å². The van der Waals surface area contributed by atoms with Gasteiger partial charge in [0.1, 0.15) is 11.5 Å². The fourth-order valence-electron chi connectivity index (χ4n) is 2.88. The Morgan fingerprint density at radius 3 is 1.30 bits per heavy atom. The molecule has 4 aromatic carbocycles. The van der Waals surface area contributed by atoms with E-state index < -0.39 is 9.85 Å². The molecule has 164 valence electrons. The molecule has 0 saturated heterocycles. The molecule has 0 amide bonds. The Bertz CT molecular complexity index is 1190. The van der Waals surface area contributed by atoms with E-state index in [1.807, 2.05) is 60.7 Å². The number of hydrogen-bond acceptors (Lipinski definition) is 7. The van der Waals surface area contributed by atoms with Crippen molar-refractivity contribution in [1.82, 2.24) is 0 Å². The molecule has 0 aliphatic heterocycles. The molecule has 4 rings (SSSR count). The van der Waals surface area contributed by atoms with Gasteiger partial charge in [-0.15, -0.1) is 0 Å². The Labute approximate surface area is 197 Å². The second-order valence-corrected chi connectivity index (χ2v) is 9.05. The fraction of sp³-hybridized carbons (Fsp3) is 0. The van der Waals surface area contributed by atoms with Crippen LogP contribution in [-0.4, -0.2) is 9.85 Å². The molecular weight excluding hydrogens is 460 g/mol. The summed E-state index contributed by atoms with van der Waals surface area (Å²) in [5.41, 5.74) is 0.124. The van der Waals surface area contributed by atoms with Crippen molar-refractivity contribution in [2.45, 2.75) is 19.6 Å². The second-order valence-electron chi connectivity index (χ2n) is 6.76. The highest BCUT2D eigenvalue weighted by Gasteiger charge is 2.08. The smallest absolute Gasteiger partial charge is 0.270 e. The van der Waals surface area contributed by atoms with E-state index in [-0.39, 0.29) is 11.4 Å². The lowest BCUT2D eigenvalue weighted by Crippen LogP contribution is -1.87. The molecule has 0 aliphatic carbocycles. The average Bonchev–Trinajstić information content (AvgIpc) is 2.82. The number of benzene rings is 4. The van der Waals surface area contributed by atoms with Crippen molar-refractivity contribution in [3.63, 3.8) is 0 Å². The van der Waals surface area contributed by atoms with Crippen LogP contribution in [0.5, 0.6) is 11.5 Å². The van der Waals surface area contributed by atoms with Crippen LogP contribution >= 0.6 is 23.5 Å². The van der Waals surface area contributed by atoms with Crippen LogP contribution in [0.3, 0.4) is 0 Å². The summed E-state index contributed by atoms with van der Waals surface area (Å²) >= 11 is 2.87. The summed E-state index contributed by atoms with van der Waals surface area (Å²) in [6, 6.07) is 27.9. The molecule has 0 unspecified atom stereocenters. The molecule has 9 heteroatoms. The molecule has 4 aromatic rings. The number of nitro benzene ring substituents is 2. The maximum Gasteiger partial charge on any atom is 0.270 e. The first-order chi connectivity index (χ1) is 16.0. The van der Waals surface area contributed by atoms with Crippen molar-refractivity contribution in [3.05, 3.63) is 117 Å². The number of hydrogen-bond donors (Lipinski definition) is 0. The van der Waals surface area contributed by atoms with E-state index in [1.54, 1.807) is 24.3 Å². The maximum absolute atomic E-state index is 10.9. The van der Waals surface area contributed by atoms with Crippen LogP contribution in [0.15, 0.2) is 117 Å². The molecule has 0 aromatic heterocycles. The van der Waals surface area contributed by atoms with Crippen LogP contribution in [0.2, 0.25) is 0 Å². The van der Waals surface area contributed by atoms with Crippen LogP contribution in [0.4, 0.5) is 11.4 Å². The lowest BCUT2D eigenvalue weighted by Gasteiger charge is -2.08. The van der Waals surface area contributed by atoms with Crippen LogP contribution in [0.25, 0.3) is 0 Å². The van der Waals surface area contributed by atoms with Gasteiger partial charge in [0.2, 0.25) is 0 Å². The summed E-state index contributed by atoms with van der Waals surface area (Å²) in [7, 11) is 0. The molecule has 0 saturated carbocycles. The average molecular weight is 477 g/mol. The minimum atomic E-state index is -0.408. The van der Waals surface area contributed by atoms with E-state index in [9.17, 15) is 20.2 Å². The lowest BCUT2D eigenvalue weighted by atomic mass is 10.3. The Balaban J connectivity index is 1.37. The molecule has 0 radical (unpaired) electrons. The van der Waals surface area contributed by atoms with Crippen LogP contribution in [0, 0.1) is 20.2 Å². The normalized spacial score (nSPS) is 10.5.